The minimum atomic E-state index is -0.233. The predicted octanol–water partition coefficient (Wildman–Crippen LogP) is 2.67. The van der Waals surface area contributed by atoms with Crippen LogP contribution in [0.3, 0.4) is 0 Å². The van der Waals surface area contributed by atoms with E-state index in [9.17, 15) is 4.79 Å². The minimum absolute atomic E-state index is 0.0905. The molecule has 1 saturated carbocycles. The first-order valence-electron chi connectivity index (χ1n) is 5.79. The summed E-state index contributed by atoms with van der Waals surface area (Å²) in [5.41, 5.74) is 0.291. The van der Waals surface area contributed by atoms with E-state index < -0.39 is 0 Å². The van der Waals surface area contributed by atoms with Crippen molar-refractivity contribution in [3.05, 3.63) is 11.7 Å². The van der Waals surface area contributed by atoms with Crippen molar-refractivity contribution in [2.45, 2.75) is 52.4 Å². The maximum atomic E-state index is 11.4. The Morgan fingerprint density at radius 3 is 2.69 bits per heavy atom. The van der Waals surface area contributed by atoms with Crippen molar-refractivity contribution in [1.82, 2.24) is 10.1 Å². The number of nitrogens with zero attached hydrogens (tertiary/aromatic N) is 2. The molecule has 1 aliphatic carbocycles. The van der Waals surface area contributed by atoms with Crippen molar-refractivity contribution in [3.8, 4) is 0 Å². The first-order chi connectivity index (χ1) is 7.45. The quantitative estimate of drug-likeness (QED) is 0.785. The summed E-state index contributed by atoms with van der Waals surface area (Å²) in [4.78, 5) is 15.7. The van der Waals surface area contributed by atoms with Crippen LogP contribution in [-0.4, -0.2) is 15.9 Å². The molecule has 1 aromatic heterocycles. The first kappa shape index (κ1) is 11.3. The van der Waals surface area contributed by atoms with E-state index in [1.165, 1.54) is 0 Å². The number of hydrogen-bond acceptors (Lipinski definition) is 4. The summed E-state index contributed by atoms with van der Waals surface area (Å²) in [6, 6.07) is 0. The Bertz CT molecular complexity index is 409. The zero-order valence-electron chi connectivity index (χ0n) is 10.3. The van der Waals surface area contributed by atoms with Crippen LogP contribution in [0.1, 0.15) is 64.1 Å². The lowest BCUT2D eigenvalue weighted by Crippen LogP contribution is -2.08. The van der Waals surface area contributed by atoms with Gasteiger partial charge in [0.1, 0.15) is 5.78 Å². The highest BCUT2D eigenvalue weighted by molar-refractivity contribution is 5.82. The fourth-order valence-electron chi connectivity index (χ4n) is 2.07. The van der Waals surface area contributed by atoms with E-state index in [0.717, 1.165) is 12.2 Å². The highest BCUT2D eigenvalue weighted by Crippen LogP contribution is 2.57. The normalized spacial score (nSPS) is 24.1. The molecule has 88 valence electrons. The summed E-state index contributed by atoms with van der Waals surface area (Å²) in [6.07, 6.45) is 1.81. The van der Waals surface area contributed by atoms with Gasteiger partial charge in [0, 0.05) is 5.92 Å². The smallest absolute Gasteiger partial charge is 0.237 e. The first-order valence-corrected chi connectivity index (χ1v) is 5.79. The SMILES string of the molecule is CCC(C(C)=O)c1nc(C2CC2(C)C)no1. The number of carbonyl (C=O) groups excluding carboxylic acids is 1. The molecule has 1 heterocycles. The Balaban J connectivity index is 2.16. The summed E-state index contributed by atoms with van der Waals surface area (Å²) in [5, 5.41) is 3.99. The number of aromatic nitrogens is 2. The molecule has 0 N–H and O–H groups in total. The van der Waals surface area contributed by atoms with Gasteiger partial charge in [0.2, 0.25) is 5.89 Å². The Kier molecular flexibility index (Phi) is 2.60. The van der Waals surface area contributed by atoms with E-state index in [4.69, 9.17) is 4.52 Å². The molecule has 2 rings (SSSR count). The van der Waals surface area contributed by atoms with Gasteiger partial charge in [-0.05, 0) is 25.2 Å². The Hall–Kier alpha value is -1.19. The van der Waals surface area contributed by atoms with Gasteiger partial charge < -0.3 is 4.52 Å². The van der Waals surface area contributed by atoms with Crippen LogP contribution in [0.25, 0.3) is 0 Å². The van der Waals surface area contributed by atoms with Crippen molar-refractivity contribution in [3.63, 3.8) is 0 Å². The number of Topliss-reactive ketones (excluding diaryl/α,β-unsaturated/α-hetero) is 1. The summed E-state index contributed by atoms with van der Waals surface area (Å²) in [5.74, 6) is 1.50. The second-order valence-corrected chi connectivity index (χ2v) is 5.31. The predicted molar refractivity (Wildman–Crippen MR) is 59.2 cm³/mol. The van der Waals surface area contributed by atoms with E-state index in [-0.39, 0.29) is 11.7 Å². The molecule has 2 atom stereocenters. The maximum absolute atomic E-state index is 11.4. The van der Waals surface area contributed by atoms with Gasteiger partial charge in [-0.2, -0.15) is 4.98 Å². The van der Waals surface area contributed by atoms with Gasteiger partial charge in [-0.25, -0.2) is 0 Å². The third-order valence-electron chi connectivity index (χ3n) is 3.48. The molecule has 0 amide bonds. The molecule has 0 aromatic carbocycles. The van der Waals surface area contributed by atoms with Crippen LogP contribution in [-0.2, 0) is 4.79 Å². The van der Waals surface area contributed by atoms with Crippen LogP contribution in [0.2, 0.25) is 0 Å². The lowest BCUT2D eigenvalue weighted by molar-refractivity contribution is -0.119. The summed E-state index contributed by atoms with van der Waals surface area (Å²) >= 11 is 0. The van der Waals surface area contributed by atoms with Crippen molar-refractivity contribution < 1.29 is 9.32 Å². The fourth-order valence-corrected chi connectivity index (χ4v) is 2.07. The molecule has 1 aliphatic rings. The molecule has 2 unspecified atom stereocenters. The zero-order valence-corrected chi connectivity index (χ0v) is 10.3. The van der Waals surface area contributed by atoms with Crippen molar-refractivity contribution in [2.24, 2.45) is 5.41 Å². The van der Waals surface area contributed by atoms with Gasteiger partial charge in [0.15, 0.2) is 5.82 Å². The van der Waals surface area contributed by atoms with Crippen LogP contribution in [0.5, 0.6) is 0 Å². The molecule has 4 heteroatoms. The van der Waals surface area contributed by atoms with E-state index in [1.807, 2.05) is 6.92 Å². The monoisotopic (exact) mass is 222 g/mol. The number of carbonyl (C=O) groups is 1. The third-order valence-corrected chi connectivity index (χ3v) is 3.48. The Morgan fingerprint density at radius 1 is 1.62 bits per heavy atom. The van der Waals surface area contributed by atoms with E-state index in [1.54, 1.807) is 6.92 Å². The largest absolute Gasteiger partial charge is 0.339 e. The Labute approximate surface area is 95.4 Å². The lowest BCUT2D eigenvalue weighted by Gasteiger charge is -2.03. The number of ketones is 1. The van der Waals surface area contributed by atoms with Crippen LogP contribution < -0.4 is 0 Å². The van der Waals surface area contributed by atoms with E-state index in [2.05, 4.69) is 24.0 Å². The van der Waals surface area contributed by atoms with Crippen LogP contribution >= 0.6 is 0 Å². The van der Waals surface area contributed by atoms with E-state index >= 15 is 0 Å². The average Bonchev–Trinajstić information content (AvgIpc) is 2.62. The molecule has 16 heavy (non-hydrogen) atoms. The summed E-state index contributed by atoms with van der Waals surface area (Å²) in [7, 11) is 0. The minimum Gasteiger partial charge on any atom is -0.339 e. The number of rotatable bonds is 4. The van der Waals surface area contributed by atoms with Crippen LogP contribution in [0, 0.1) is 5.41 Å². The molecule has 4 nitrogen and oxygen atoms in total. The fraction of sp³-hybridized carbons (Fsp3) is 0.750. The van der Waals surface area contributed by atoms with Gasteiger partial charge in [-0.15, -0.1) is 0 Å². The summed E-state index contributed by atoms with van der Waals surface area (Å²) in [6.45, 7) is 7.90. The molecule has 0 saturated heterocycles. The second-order valence-electron chi connectivity index (χ2n) is 5.31. The molecule has 0 bridgehead atoms. The molecular weight excluding hydrogens is 204 g/mol. The standard InChI is InChI=1S/C12H18N2O2/c1-5-8(7(2)15)11-13-10(14-16-11)9-6-12(9,3)4/h8-9H,5-6H2,1-4H3. The van der Waals surface area contributed by atoms with Crippen molar-refractivity contribution >= 4 is 5.78 Å². The topological polar surface area (TPSA) is 56.0 Å². The van der Waals surface area contributed by atoms with Crippen molar-refractivity contribution in [2.75, 3.05) is 0 Å². The summed E-state index contributed by atoms with van der Waals surface area (Å²) < 4.78 is 5.19. The van der Waals surface area contributed by atoms with Gasteiger partial charge in [0.25, 0.3) is 0 Å². The molecular formula is C12H18N2O2. The Morgan fingerprint density at radius 2 is 2.25 bits per heavy atom. The highest BCUT2D eigenvalue weighted by Gasteiger charge is 2.49. The van der Waals surface area contributed by atoms with E-state index in [0.29, 0.717) is 23.6 Å². The maximum Gasteiger partial charge on any atom is 0.237 e. The molecule has 0 radical (unpaired) electrons. The molecule has 0 aliphatic heterocycles. The van der Waals surface area contributed by atoms with Crippen LogP contribution in [0.15, 0.2) is 4.52 Å². The van der Waals surface area contributed by atoms with Crippen LogP contribution in [0.4, 0.5) is 0 Å². The van der Waals surface area contributed by atoms with Gasteiger partial charge >= 0.3 is 0 Å². The highest BCUT2D eigenvalue weighted by atomic mass is 16.5. The van der Waals surface area contributed by atoms with Gasteiger partial charge in [-0.3, -0.25) is 4.79 Å². The second kappa shape index (κ2) is 3.68. The third kappa shape index (κ3) is 1.88. The molecule has 0 spiro atoms. The lowest BCUT2D eigenvalue weighted by atomic mass is 10.0. The zero-order chi connectivity index (χ0) is 11.9. The van der Waals surface area contributed by atoms with Gasteiger partial charge in [-0.1, -0.05) is 25.9 Å². The number of hydrogen-bond donors (Lipinski definition) is 0. The average molecular weight is 222 g/mol. The van der Waals surface area contributed by atoms with Crippen molar-refractivity contribution in [1.29, 1.82) is 0 Å². The molecule has 1 fully saturated rings. The molecule has 1 aromatic rings. The van der Waals surface area contributed by atoms with Gasteiger partial charge in [0.05, 0.1) is 5.92 Å².